The van der Waals surface area contributed by atoms with Crippen LogP contribution in [0.25, 0.3) is 0 Å². The second-order valence-corrected chi connectivity index (χ2v) is 7.06. The van der Waals surface area contributed by atoms with Crippen LogP contribution in [0.5, 0.6) is 0 Å². The zero-order chi connectivity index (χ0) is 15.0. The molecule has 1 heterocycles. The van der Waals surface area contributed by atoms with Crippen molar-refractivity contribution in [3.05, 3.63) is 54.1 Å². The molecule has 1 aromatic heterocycles. The normalized spacial score (nSPS) is 28.7. The highest BCUT2D eigenvalue weighted by atomic mass is 16.3. The van der Waals surface area contributed by atoms with Gasteiger partial charge in [-0.15, -0.1) is 0 Å². The van der Waals surface area contributed by atoms with Crippen LogP contribution in [-0.2, 0) is 12.1 Å². The molecule has 2 fully saturated rings. The second-order valence-electron chi connectivity index (χ2n) is 7.06. The molecule has 1 aromatic carbocycles. The van der Waals surface area contributed by atoms with Gasteiger partial charge in [0.2, 0.25) is 0 Å². The number of imidazole rings is 1. The van der Waals surface area contributed by atoms with Crippen molar-refractivity contribution in [2.24, 2.45) is 5.92 Å². The Morgan fingerprint density at radius 3 is 2.50 bits per heavy atom. The van der Waals surface area contributed by atoms with E-state index < -0.39 is 5.60 Å². The number of benzene rings is 1. The van der Waals surface area contributed by atoms with Crippen molar-refractivity contribution in [3.8, 4) is 0 Å². The van der Waals surface area contributed by atoms with E-state index in [9.17, 15) is 5.11 Å². The maximum absolute atomic E-state index is 11.1. The molecule has 0 bridgehead atoms. The number of rotatable bonds is 4. The molecule has 0 saturated heterocycles. The van der Waals surface area contributed by atoms with Crippen molar-refractivity contribution in [3.63, 3.8) is 0 Å². The van der Waals surface area contributed by atoms with Crippen LogP contribution in [0.3, 0.4) is 0 Å². The largest absolute Gasteiger partial charge is 0.382 e. The first-order valence-corrected chi connectivity index (χ1v) is 8.53. The molecule has 22 heavy (non-hydrogen) atoms. The summed E-state index contributed by atoms with van der Waals surface area (Å²) < 4.78 is 2.19. The summed E-state index contributed by atoms with van der Waals surface area (Å²) >= 11 is 0. The molecular weight excluding hydrogens is 272 g/mol. The van der Waals surface area contributed by atoms with E-state index in [1.807, 2.05) is 12.4 Å². The first-order valence-electron chi connectivity index (χ1n) is 8.53. The summed E-state index contributed by atoms with van der Waals surface area (Å²) in [5, 5.41) is 11.1. The van der Waals surface area contributed by atoms with Crippen molar-refractivity contribution in [2.45, 2.75) is 56.6 Å². The van der Waals surface area contributed by atoms with Crippen LogP contribution in [0.2, 0.25) is 0 Å². The predicted molar refractivity (Wildman–Crippen MR) is 86.5 cm³/mol. The topological polar surface area (TPSA) is 38.1 Å². The van der Waals surface area contributed by atoms with Crippen LogP contribution < -0.4 is 0 Å². The molecule has 0 atom stereocenters. The highest BCUT2D eigenvalue weighted by Gasteiger charge is 2.39. The van der Waals surface area contributed by atoms with Gasteiger partial charge < -0.3 is 9.67 Å². The Hall–Kier alpha value is -1.61. The molecule has 0 aliphatic heterocycles. The van der Waals surface area contributed by atoms with E-state index in [0.717, 1.165) is 44.0 Å². The van der Waals surface area contributed by atoms with Crippen LogP contribution in [0.15, 0.2) is 42.7 Å². The van der Waals surface area contributed by atoms with E-state index in [1.165, 1.54) is 18.4 Å². The lowest BCUT2D eigenvalue weighted by Crippen LogP contribution is -2.34. The number of hydrogen-bond donors (Lipinski definition) is 1. The zero-order valence-corrected chi connectivity index (χ0v) is 13.0. The molecule has 2 aromatic rings. The van der Waals surface area contributed by atoms with E-state index >= 15 is 0 Å². The molecule has 2 saturated carbocycles. The monoisotopic (exact) mass is 296 g/mol. The molecule has 3 nitrogen and oxygen atoms in total. The molecule has 0 amide bonds. The third-order valence-electron chi connectivity index (χ3n) is 5.37. The summed E-state index contributed by atoms with van der Waals surface area (Å²) in [4.78, 5) is 4.50. The summed E-state index contributed by atoms with van der Waals surface area (Å²) in [7, 11) is 0. The van der Waals surface area contributed by atoms with Crippen LogP contribution in [-0.4, -0.2) is 14.7 Å². The van der Waals surface area contributed by atoms with E-state index in [4.69, 9.17) is 0 Å². The molecule has 0 radical (unpaired) electrons. The summed E-state index contributed by atoms with van der Waals surface area (Å²) in [5.74, 6) is 2.27. The van der Waals surface area contributed by atoms with Gasteiger partial charge in [-0.3, -0.25) is 0 Å². The minimum atomic E-state index is -0.732. The maximum Gasteiger partial charge on any atom is 0.140 e. The smallest absolute Gasteiger partial charge is 0.140 e. The molecule has 0 unspecified atom stereocenters. The van der Waals surface area contributed by atoms with E-state index in [-0.39, 0.29) is 0 Å². The molecular formula is C19H24N2O. The van der Waals surface area contributed by atoms with Crippen LogP contribution in [0, 0.1) is 5.92 Å². The average Bonchev–Trinajstić information content (AvgIpc) is 3.23. The van der Waals surface area contributed by atoms with E-state index in [2.05, 4.69) is 39.9 Å². The van der Waals surface area contributed by atoms with Crippen molar-refractivity contribution in [2.75, 3.05) is 0 Å². The van der Waals surface area contributed by atoms with Crippen molar-refractivity contribution in [1.82, 2.24) is 9.55 Å². The molecule has 3 heteroatoms. The van der Waals surface area contributed by atoms with Gasteiger partial charge in [-0.1, -0.05) is 30.3 Å². The molecule has 1 N–H and O–H groups in total. The predicted octanol–water partition coefficient (Wildman–Crippen LogP) is 3.84. The van der Waals surface area contributed by atoms with Gasteiger partial charge in [0, 0.05) is 18.9 Å². The fraction of sp³-hybridized carbons (Fsp3) is 0.526. The van der Waals surface area contributed by atoms with Gasteiger partial charge >= 0.3 is 0 Å². The fourth-order valence-corrected chi connectivity index (χ4v) is 3.82. The Morgan fingerprint density at radius 1 is 1.09 bits per heavy atom. The number of nitrogens with zero attached hydrogens (tertiary/aromatic N) is 2. The number of aromatic nitrogens is 2. The van der Waals surface area contributed by atoms with Gasteiger partial charge in [0.25, 0.3) is 0 Å². The Balaban J connectivity index is 1.48. The lowest BCUT2D eigenvalue weighted by Gasteiger charge is -2.36. The fourth-order valence-electron chi connectivity index (χ4n) is 3.82. The van der Waals surface area contributed by atoms with Gasteiger partial charge in [0.05, 0.1) is 0 Å². The van der Waals surface area contributed by atoms with Crippen molar-refractivity contribution in [1.29, 1.82) is 0 Å². The standard InChI is InChI=1S/C19H24N2O/c22-19(18-20-12-13-21(18)14-15-6-7-15)10-8-17(9-11-19)16-4-2-1-3-5-16/h1-5,12-13,15,17,22H,6-11,14H2. The van der Waals surface area contributed by atoms with Gasteiger partial charge in [0.1, 0.15) is 11.4 Å². The number of hydrogen-bond acceptors (Lipinski definition) is 2. The highest BCUT2D eigenvalue weighted by molar-refractivity contribution is 5.21. The quantitative estimate of drug-likeness (QED) is 0.931. The van der Waals surface area contributed by atoms with Crippen molar-refractivity contribution >= 4 is 0 Å². The lowest BCUT2D eigenvalue weighted by molar-refractivity contribution is -0.0169. The van der Waals surface area contributed by atoms with Crippen LogP contribution >= 0.6 is 0 Å². The first kappa shape index (κ1) is 14.0. The SMILES string of the molecule is OC1(c2nccn2CC2CC2)CCC(c2ccccc2)CC1. The van der Waals surface area contributed by atoms with E-state index in [0.29, 0.717) is 5.92 Å². The summed E-state index contributed by atoms with van der Waals surface area (Å²) in [6.07, 6.45) is 10.2. The average molecular weight is 296 g/mol. The second kappa shape index (κ2) is 5.54. The Labute approximate surface area is 132 Å². The van der Waals surface area contributed by atoms with Crippen LogP contribution in [0.1, 0.15) is 55.8 Å². The highest BCUT2D eigenvalue weighted by Crippen LogP contribution is 2.43. The summed E-state index contributed by atoms with van der Waals surface area (Å²) in [6.45, 7) is 1.03. The molecule has 4 rings (SSSR count). The third kappa shape index (κ3) is 2.70. The van der Waals surface area contributed by atoms with Gasteiger partial charge in [-0.25, -0.2) is 4.98 Å². The summed E-state index contributed by atoms with van der Waals surface area (Å²) in [6, 6.07) is 10.7. The summed E-state index contributed by atoms with van der Waals surface area (Å²) in [5.41, 5.74) is 0.676. The maximum atomic E-state index is 11.1. The van der Waals surface area contributed by atoms with Gasteiger partial charge in [-0.05, 0) is 55.9 Å². The van der Waals surface area contributed by atoms with Gasteiger partial charge in [0.15, 0.2) is 0 Å². The Kier molecular flexibility index (Phi) is 3.53. The minimum Gasteiger partial charge on any atom is -0.382 e. The Morgan fingerprint density at radius 2 is 1.82 bits per heavy atom. The zero-order valence-electron chi connectivity index (χ0n) is 13.0. The van der Waals surface area contributed by atoms with E-state index in [1.54, 1.807) is 0 Å². The molecule has 2 aliphatic rings. The molecule has 2 aliphatic carbocycles. The first-order chi connectivity index (χ1) is 10.7. The Bertz CT molecular complexity index is 622. The van der Waals surface area contributed by atoms with Gasteiger partial charge in [-0.2, -0.15) is 0 Å². The molecule has 116 valence electrons. The third-order valence-corrected chi connectivity index (χ3v) is 5.37. The molecule has 0 spiro atoms. The number of aliphatic hydroxyl groups is 1. The lowest BCUT2D eigenvalue weighted by atomic mass is 9.75. The van der Waals surface area contributed by atoms with Crippen molar-refractivity contribution < 1.29 is 5.11 Å². The minimum absolute atomic E-state index is 0.577. The van der Waals surface area contributed by atoms with Crippen LogP contribution in [0.4, 0.5) is 0 Å².